The molecule has 0 bridgehead atoms. The van der Waals surface area contributed by atoms with Gasteiger partial charge in [-0.2, -0.15) is 0 Å². The van der Waals surface area contributed by atoms with Crippen LogP contribution in [0.1, 0.15) is 61.9 Å². The van der Waals surface area contributed by atoms with Crippen molar-refractivity contribution in [3.05, 3.63) is 29.3 Å². The second kappa shape index (κ2) is 8.50. The van der Waals surface area contributed by atoms with E-state index in [-0.39, 0.29) is 29.8 Å². The van der Waals surface area contributed by atoms with Crippen molar-refractivity contribution in [2.75, 3.05) is 13.1 Å². The lowest BCUT2D eigenvalue weighted by Gasteiger charge is -2.35. The molecule has 2 rings (SSSR count). The summed E-state index contributed by atoms with van der Waals surface area (Å²) in [5.41, 5.74) is 0.0379. The Kier molecular flexibility index (Phi) is 6.82. The van der Waals surface area contributed by atoms with Crippen molar-refractivity contribution >= 4 is 15.9 Å². The monoisotopic (exact) mass is 382 g/mol. The van der Waals surface area contributed by atoms with E-state index in [0.717, 1.165) is 25.7 Å². The average molecular weight is 383 g/mol. The molecule has 7 heteroatoms. The van der Waals surface area contributed by atoms with Crippen LogP contribution in [0.15, 0.2) is 23.1 Å². The number of rotatable bonds is 7. The predicted octanol–water partition coefficient (Wildman–Crippen LogP) is 2.35. The average Bonchev–Trinajstić information content (AvgIpc) is 2.60. The first kappa shape index (κ1) is 20.9. The second-order valence-corrected chi connectivity index (χ2v) is 9.12. The summed E-state index contributed by atoms with van der Waals surface area (Å²) in [5, 5.41) is 13.5. The second-order valence-electron chi connectivity index (χ2n) is 7.35. The summed E-state index contributed by atoms with van der Waals surface area (Å²) in [6.45, 7) is 5.66. The van der Waals surface area contributed by atoms with E-state index in [1.54, 1.807) is 26.8 Å². The van der Waals surface area contributed by atoms with Gasteiger partial charge in [0.05, 0.1) is 10.5 Å². The molecule has 1 aliphatic carbocycles. The van der Waals surface area contributed by atoms with Crippen LogP contribution in [0.4, 0.5) is 0 Å². The lowest BCUT2D eigenvalue weighted by atomic mass is 9.78. The molecule has 0 aliphatic heterocycles. The minimum Gasteiger partial charge on any atom is -0.388 e. The standard InChI is InChI=1S/C19H30N2O4S/c1-4-21-26(24,25)16-11-10-14(2)17(12-16)18(22)20-13-19(3,23)15-8-6-5-7-9-15/h10-12,15,21,23H,4-9,13H2,1-3H3,(H,20,22). The summed E-state index contributed by atoms with van der Waals surface area (Å²) < 4.78 is 26.7. The highest BCUT2D eigenvalue weighted by Crippen LogP contribution is 2.32. The quantitative estimate of drug-likeness (QED) is 0.674. The maximum Gasteiger partial charge on any atom is 0.251 e. The van der Waals surface area contributed by atoms with Crippen LogP contribution in [0.3, 0.4) is 0 Å². The maximum atomic E-state index is 12.6. The van der Waals surface area contributed by atoms with Crippen LogP contribution in [-0.4, -0.2) is 38.1 Å². The Bertz CT molecular complexity index is 738. The molecule has 0 spiro atoms. The van der Waals surface area contributed by atoms with E-state index in [1.807, 2.05) is 0 Å². The van der Waals surface area contributed by atoms with Crippen LogP contribution >= 0.6 is 0 Å². The summed E-state index contributed by atoms with van der Waals surface area (Å²) >= 11 is 0. The van der Waals surface area contributed by atoms with Crippen LogP contribution in [0, 0.1) is 12.8 Å². The zero-order valence-electron chi connectivity index (χ0n) is 15.8. The van der Waals surface area contributed by atoms with Crippen molar-refractivity contribution in [3.8, 4) is 0 Å². The molecule has 1 atom stereocenters. The first-order valence-electron chi connectivity index (χ1n) is 9.28. The first-order chi connectivity index (χ1) is 12.2. The molecule has 1 aliphatic rings. The predicted molar refractivity (Wildman–Crippen MR) is 102 cm³/mol. The van der Waals surface area contributed by atoms with E-state index in [9.17, 15) is 18.3 Å². The summed E-state index contributed by atoms with van der Waals surface area (Å²) in [6, 6.07) is 4.50. The van der Waals surface area contributed by atoms with Crippen molar-refractivity contribution in [1.29, 1.82) is 0 Å². The molecule has 1 unspecified atom stereocenters. The van der Waals surface area contributed by atoms with E-state index in [4.69, 9.17) is 0 Å². The largest absolute Gasteiger partial charge is 0.388 e. The van der Waals surface area contributed by atoms with E-state index in [1.165, 1.54) is 18.6 Å². The molecule has 0 radical (unpaired) electrons. The van der Waals surface area contributed by atoms with Gasteiger partial charge >= 0.3 is 0 Å². The molecular formula is C19H30N2O4S. The van der Waals surface area contributed by atoms with Gasteiger partial charge < -0.3 is 10.4 Å². The van der Waals surface area contributed by atoms with Gasteiger partial charge in [0.1, 0.15) is 0 Å². The fourth-order valence-corrected chi connectivity index (χ4v) is 4.58. The van der Waals surface area contributed by atoms with Crippen molar-refractivity contribution in [3.63, 3.8) is 0 Å². The molecular weight excluding hydrogens is 352 g/mol. The van der Waals surface area contributed by atoms with Crippen LogP contribution in [-0.2, 0) is 10.0 Å². The number of nitrogens with one attached hydrogen (secondary N) is 2. The zero-order valence-corrected chi connectivity index (χ0v) is 16.7. The van der Waals surface area contributed by atoms with E-state index in [2.05, 4.69) is 10.0 Å². The summed E-state index contributed by atoms with van der Waals surface area (Å²) in [5.74, 6) is -0.190. The number of sulfonamides is 1. The number of amides is 1. The smallest absolute Gasteiger partial charge is 0.251 e. The Labute approximate surface area is 156 Å². The van der Waals surface area contributed by atoms with E-state index >= 15 is 0 Å². The molecule has 3 N–H and O–H groups in total. The Morgan fingerprint density at radius 3 is 2.54 bits per heavy atom. The lowest BCUT2D eigenvalue weighted by molar-refractivity contribution is -0.0143. The molecule has 1 aromatic rings. The highest BCUT2D eigenvalue weighted by molar-refractivity contribution is 7.89. The normalized spacial score (nSPS) is 18.3. The molecule has 1 aromatic carbocycles. The molecule has 26 heavy (non-hydrogen) atoms. The minimum absolute atomic E-state index is 0.0640. The maximum absolute atomic E-state index is 12.6. The molecule has 0 heterocycles. The van der Waals surface area contributed by atoms with Gasteiger partial charge in [0.15, 0.2) is 0 Å². The van der Waals surface area contributed by atoms with E-state index < -0.39 is 15.6 Å². The Morgan fingerprint density at radius 1 is 1.27 bits per heavy atom. The molecule has 0 aromatic heterocycles. The molecule has 146 valence electrons. The molecule has 0 saturated heterocycles. The SMILES string of the molecule is CCNS(=O)(=O)c1ccc(C)c(C(=O)NCC(C)(O)C2CCCCC2)c1. The summed E-state index contributed by atoms with van der Waals surface area (Å²) in [4.78, 5) is 12.7. The number of aliphatic hydroxyl groups is 1. The van der Waals surface area contributed by atoms with Crippen LogP contribution in [0.2, 0.25) is 0 Å². The van der Waals surface area contributed by atoms with Gasteiger partial charge in [-0.3, -0.25) is 4.79 Å². The third kappa shape index (κ3) is 5.05. The molecule has 1 saturated carbocycles. The van der Waals surface area contributed by atoms with Crippen LogP contribution in [0.5, 0.6) is 0 Å². The highest BCUT2D eigenvalue weighted by atomic mass is 32.2. The number of benzene rings is 1. The van der Waals surface area contributed by atoms with Crippen molar-refractivity contribution in [2.45, 2.75) is 63.4 Å². The number of hydrogen-bond donors (Lipinski definition) is 3. The molecule has 1 fully saturated rings. The van der Waals surface area contributed by atoms with Crippen LogP contribution in [0.25, 0.3) is 0 Å². The highest BCUT2D eigenvalue weighted by Gasteiger charge is 2.33. The van der Waals surface area contributed by atoms with E-state index in [0.29, 0.717) is 11.1 Å². The van der Waals surface area contributed by atoms with Gasteiger partial charge in [-0.05, 0) is 50.3 Å². The van der Waals surface area contributed by atoms with Crippen molar-refractivity contribution in [1.82, 2.24) is 10.0 Å². The number of hydrogen-bond acceptors (Lipinski definition) is 4. The van der Waals surface area contributed by atoms with Gasteiger partial charge in [-0.15, -0.1) is 0 Å². The first-order valence-corrected chi connectivity index (χ1v) is 10.8. The van der Waals surface area contributed by atoms with Gasteiger partial charge in [0.25, 0.3) is 5.91 Å². The fraction of sp³-hybridized carbons (Fsp3) is 0.632. The number of carbonyl (C=O) groups excluding carboxylic acids is 1. The fourth-order valence-electron chi connectivity index (χ4n) is 3.51. The topological polar surface area (TPSA) is 95.5 Å². The molecule has 1 amide bonds. The van der Waals surface area contributed by atoms with Gasteiger partial charge in [-0.1, -0.05) is 32.3 Å². The van der Waals surface area contributed by atoms with Gasteiger partial charge in [0, 0.05) is 18.7 Å². The Morgan fingerprint density at radius 2 is 1.92 bits per heavy atom. The summed E-state index contributed by atoms with van der Waals surface area (Å²) in [6.07, 6.45) is 5.36. The number of aryl methyl sites for hydroxylation is 1. The molecule has 6 nitrogen and oxygen atoms in total. The zero-order chi connectivity index (χ0) is 19.4. The minimum atomic E-state index is -3.62. The lowest BCUT2D eigenvalue weighted by Crippen LogP contribution is -2.46. The Hall–Kier alpha value is -1.44. The van der Waals surface area contributed by atoms with Gasteiger partial charge in [-0.25, -0.2) is 13.1 Å². The Balaban J connectivity index is 2.11. The van der Waals surface area contributed by atoms with Crippen molar-refractivity contribution in [2.24, 2.45) is 5.92 Å². The van der Waals surface area contributed by atoms with Gasteiger partial charge in [0.2, 0.25) is 10.0 Å². The third-order valence-corrected chi connectivity index (χ3v) is 6.73. The van der Waals surface area contributed by atoms with Crippen LogP contribution < -0.4 is 10.0 Å². The van der Waals surface area contributed by atoms with Crippen molar-refractivity contribution < 1.29 is 18.3 Å². The summed E-state index contributed by atoms with van der Waals surface area (Å²) in [7, 11) is -3.62. The number of carbonyl (C=O) groups is 1. The third-order valence-electron chi connectivity index (χ3n) is 5.19.